The Hall–Kier alpha value is -3.82. The van der Waals surface area contributed by atoms with E-state index >= 15 is 0 Å². The van der Waals surface area contributed by atoms with E-state index in [1.165, 1.54) is 34.8 Å². The molecule has 11 nitrogen and oxygen atoms in total. The lowest BCUT2D eigenvalue weighted by molar-refractivity contribution is -0.0348. The molecule has 0 aromatic carbocycles. The lowest BCUT2D eigenvalue weighted by Gasteiger charge is -2.50. The maximum absolute atomic E-state index is 14.7. The van der Waals surface area contributed by atoms with Gasteiger partial charge in [-0.15, -0.1) is 11.3 Å². The highest BCUT2D eigenvalue weighted by Crippen LogP contribution is 2.40. The van der Waals surface area contributed by atoms with Gasteiger partial charge in [0.1, 0.15) is 28.6 Å². The molecule has 0 aliphatic carbocycles. The summed E-state index contributed by atoms with van der Waals surface area (Å²) in [4.78, 5) is 35.3. The molecule has 2 unspecified atom stereocenters. The average Bonchev–Trinajstić information content (AvgIpc) is 3.63. The largest absolute Gasteiger partial charge is 0.489 e. The molecular weight excluding hydrogens is 693 g/mol. The van der Waals surface area contributed by atoms with Crippen molar-refractivity contribution in [2.24, 2.45) is 0 Å². The Kier molecular flexibility index (Phi) is 9.74. The minimum atomic E-state index is -2.85. The zero-order chi connectivity index (χ0) is 35.3. The summed E-state index contributed by atoms with van der Waals surface area (Å²) < 4.78 is 50.2. The Morgan fingerprint density at radius 3 is 2.64 bits per heavy atom. The maximum Gasteiger partial charge on any atom is 0.286 e. The first-order chi connectivity index (χ1) is 24.0. The highest BCUT2D eigenvalue weighted by atomic mass is 35.5. The van der Waals surface area contributed by atoms with Gasteiger partial charge in [0.15, 0.2) is 11.6 Å². The molecule has 7 rings (SSSR count). The Morgan fingerprint density at radius 2 is 1.92 bits per heavy atom. The number of fused-ring (bicyclic) bond motifs is 3. The minimum Gasteiger partial charge on any atom is -0.489 e. The Labute approximate surface area is 296 Å². The predicted molar refractivity (Wildman–Crippen MR) is 187 cm³/mol. The van der Waals surface area contributed by atoms with Crippen LogP contribution < -0.4 is 26.2 Å². The number of nitrogens with one attached hydrogen (secondary N) is 1. The van der Waals surface area contributed by atoms with Gasteiger partial charge in [0.25, 0.3) is 17.9 Å². The summed E-state index contributed by atoms with van der Waals surface area (Å²) in [5, 5.41) is 7.50. The first-order valence-corrected chi connectivity index (χ1v) is 18.3. The lowest BCUT2D eigenvalue weighted by atomic mass is 9.82. The van der Waals surface area contributed by atoms with Gasteiger partial charge in [-0.25, -0.2) is 22.7 Å². The van der Waals surface area contributed by atoms with Crippen molar-refractivity contribution < 1.29 is 22.7 Å². The summed E-state index contributed by atoms with van der Waals surface area (Å²) in [5.74, 6) is -0.749. The average molecular weight is 733 g/mol. The fourth-order valence-corrected chi connectivity index (χ4v) is 9.21. The Morgan fingerprint density at radius 1 is 1.16 bits per heavy atom. The summed E-state index contributed by atoms with van der Waals surface area (Å²) in [6.45, 7) is 4.59. The zero-order valence-corrected chi connectivity index (χ0v) is 29.4. The number of piperidine rings is 3. The molecule has 3 saturated heterocycles. The second kappa shape index (κ2) is 14.1. The predicted octanol–water partition coefficient (Wildman–Crippen LogP) is 5.83. The van der Waals surface area contributed by atoms with E-state index < -0.39 is 24.3 Å². The molecule has 1 amide bonds. The van der Waals surface area contributed by atoms with Gasteiger partial charge in [-0.05, 0) is 64.5 Å². The van der Waals surface area contributed by atoms with Gasteiger partial charge in [-0.3, -0.25) is 14.5 Å². The van der Waals surface area contributed by atoms with Crippen molar-refractivity contribution in [3.63, 3.8) is 0 Å². The van der Waals surface area contributed by atoms with Gasteiger partial charge >= 0.3 is 0 Å². The molecule has 3 atom stereocenters. The van der Waals surface area contributed by atoms with Crippen LogP contribution in [0.25, 0.3) is 16.8 Å². The Balaban J connectivity index is 1.10. The van der Waals surface area contributed by atoms with E-state index in [1.54, 1.807) is 12.1 Å². The number of anilines is 2. The molecule has 3 aliphatic rings. The molecule has 2 bridgehead atoms. The van der Waals surface area contributed by atoms with Crippen molar-refractivity contribution in [1.82, 2.24) is 29.4 Å². The maximum atomic E-state index is 14.7. The van der Waals surface area contributed by atoms with E-state index in [0.29, 0.717) is 67.6 Å². The van der Waals surface area contributed by atoms with Crippen molar-refractivity contribution in [1.29, 1.82) is 0 Å². The number of carbonyl (C=O) groups is 1. The van der Waals surface area contributed by atoms with Crippen molar-refractivity contribution in [3.05, 3.63) is 56.1 Å². The number of nitrogens with two attached hydrogens (primary N) is 1. The third-order valence-electron chi connectivity index (χ3n) is 10.1. The molecule has 50 heavy (non-hydrogen) atoms. The van der Waals surface area contributed by atoms with Crippen molar-refractivity contribution >= 4 is 45.9 Å². The molecule has 0 spiro atoms. The number of alkyl halides is 2. The fraction of sp³-hybridized carbons (Fsp3) is 0.529. The SMILES string of the molecule is CC(C)N1C2CCCC1CC(Oc1cc(Cl)sc1C(=O)N[C@@H]1CCCN(c3cc(-c4cc(F)c(=O)n(CC(F)F)c4)n4ncnc(N)c34)C1)C2. The molecule has 16 heteroatoms. The number of carbonyl (C=O) groups excluding carboxylic acids is 1. The molecule has 0 saturated carbocycles. The number of aromatic nitrogens is 4. The molecule has 3 fully saturated rings. The highest BCUT2D eigenvalue weighted by Gasteiger charge is 2.41. The molecule has 3 aliphatic heterocycles. The summed E-state index contributed by atoms with van der Waals surface area (Å²) in [7, 11) is 0. The summed E-state index contributed by atoms with van der Waals surface area (Å²) in [6, 6.07) is 5.65. The van der Waals surface area contributed by atoms with Crippen molar-refractivity contribution in [2.75, 3.05) is 23.7 Å². The smallest absolute Gasteiger partial charge is 0.286 e. The molecule has 3 N–H and O–H groups in total. The van der Waals surface area contributed by atoms with Crippen LogP contribution in [0.5, 0.6) is 5.75 Å². The molecule has 268 valence electrons. The number of nitrogens with zero attached hydrogens (tertiary/aromatic N) is 6. The van der Waals surface area contributed by atoms with Crippen molar-refractivity contribution in [2.45, 2.75) is 102 Å². The Bertz CT molecular complexity index is 1940. The first-order valence-electron chi connectivity index (χ1n) is 17.1. The molecule has 4 aromatic rings. The first kappa shape index (κ1) is 34.6. The summed E-state index contributed by atoms with van der Waals surface area (Å²) in [6.07, 6.45) is 6.43. The number of nitrogen functional groups attached to an aromatic ring is 1. The number of ether oxygens (including phenoxy) is 1. The van der Waals surface area contributed by atoms with E-state index in [4.69, 9.17) is 22.1 Å². The van der Waals surface area contributed by atoms with Crippen LogP contribution in [0.4, 0.5) is 24.7 Å². The van der Waals surface area contributed by atoms with Gasteiger partial charge in [0.05, 0.1) is 22.3 Å². The standard InChI is InChI=1S/C34H40ClF3N8O3S/c1-18(2)45-21-6-3-7-22(45)11-23(10-21)49-27-13-28(35)50-31(27)33(47)42-20-5-4-8-43(15-20)26-12-25(46-30(26)32(39)40-17-41-46)19-9-24(36)34(48)44(14-19)16-29(37)38/h9,12-14,17-18,20-23,29H,3-8,10-11,15-16H2,1-2H3,(H,42,47)(H2,39,40,41)/t20-,21?,22?,23?/m1/s1. The number of hydrogen-bond donors (Lipinski definition) is 2. The highest BCUT2D eigenvalue weighted by molar-refractivity contribution is 7.18. The van der Waals surface area contributed by atoms with Gasteiger partial charge in [0, 0.05) is 55.1 Å². The van der Waals surface area contributed by atoms with Crippen molar-refractivity contribution in [3.8, 4) is 17.0 Å². The number of pyridine rings is 1. The zero-order valence-electron chi connectivity index (χ0n) is 27.8. The van der Waals surface area contributed by atoms with Crippen LogP contribution >= 0.6 is 22.9 Å². The van der Waals surface area contributed by atoms with E-state index in [1.807, 2.05) is 4.90 Å². The molecule has 4 aromatic heterocycles. The van der Waals surface area contributed by atoms with Gasteiger partial charge in [-0.1, -0.05) is 18.0 Å². The van der Waals surface area contributed by atoms with E-state index in [2.05, 4.69) is 34.1 Å². The lowest BCUT2D eigenvalue weighted by Crippen LogP contribution is -2.56. The van der Waals surface area contributed by atoms with Crippen LogP contribution in [0.15, 0.2) is 35.5 Å². The van der Waals surface area contributed by atoms with E-state index in [9.17, 15) is 22.8 Å². The molecule has 7 heterocycles. The number of hydrogen-bond acceptors (Lipinski definition) is 9. The van der Waals surface area contributed by atoms with Crippen LogP contribution in [-0.2, 0) is 6.54 Å². The summed E-state index contributed by atoms with van der Waals surface area (Å²) in [5.41, 5.74) is 6.76. The van der Waals surface area contributed by atoms with Gasteiger partial charge < -0.3 is 25.3 Å². The fourth-order valence-electron chi connectivity index (χ4n) is 8.16. The van der Waals surface area contributed by atoms with Crippen LogP contribution in [-0.4, -0.2) is 79.8 Å². The number of rotatable bonds is 9. The third kappa shape index (κ3) is 6.79. The van der Waals surface area contributed by atoms with E-state index in [0.717, 1.165) is 44.6 Å². The second-order valence-electron chi connectivity index (χ2n) is 13.7. The number of amides is 1. The van der Waals surface area contributed by atoms with Gasteiger partial charge in [-0.2, -0.15) is 5.10 Å². The normalized spacial score (nSPS) is 22.8. The van der Waals surface area contributed by atoms with Crippen LogP contribution in [0.2, 0.25) is 4.34 Å². The molecule has 0 radical (unpaired) electrons. The van der Waals surface area contributed by atoms with Crippen LogP contribution in [0.3, 0.4) is 0 Å². The number of thiophene rings is 1. The topological polar surface area (TPSA) is 123 Å². The number of halogens is 4. The second-order valence-corrected chi connectivity index (χ2v) is 15.4. The van der Waals surface area contributed by atoms with Crippen LogP contribution in [0.1, 0.15) is 68.5 Å². The van der Waals surface area contributed by atoms with E-state index in [-0.39, 0.29) is 29.4 Å². The third-order valence-corrected chi connectivity index (χ3v) is 11.3. The minimum absolute atomic E-state index is 0.0101. The monoisotopic (exact) mass is 732 g/mol. The molecular formula is C34H40ClF3N8O3S. The quantitative estimate of drug-likeness (QED) is 0.221. The van der Waals surface area contributed by atoms with Crippen LogP contribution in [0, 0.1) is 5.82 Å². The van der Waals surface area contributed by atoms with Gasteiger partial charge in [0.2, 0.25) is 0 Å². The summed E-state index contributed by atoms with van der Waals surface area (Å²) >= 11 is 7.65.